The van der Waals surface area contributed by atoms with Gasteiger partial charge in [0.1, 0.15) is 11.6 Å². The summed E-state index contributed by atoms with van der Waals surface area (Å²) in [7, 11) is 2.09. The predicted octanol–water partition coefficient (Wildman–Crippen LogP) is 3.77. The number of anilines is 1. The molecule has 0 spiro atoms. The smallest absolute Gasteiger partial charge is 0.148 e. The van der Waals surface area contributed by atoms with Crippen LogP contribution < -0.4 is 4.90 Å². The molecule has 0 unspecified atom stereocenters. The first-order valence-electron chi connectivity index (χ1n) is 7.99. The molecule has 2 heterocycles. The van der Waals surface area contributed by atoms with Gasteiger partial charge in [-0.15, -0.1) is 0 Å². The van der Waals surface area contributed by atoms with E-state index in [1.165, 1.54) is 6.07 Å². The monoisotopic (exact) mass is 344 g/mol. The Labute approximate surface area is 144 Å². The number of aromatic amines is 1. The summed E-state index contributed by atoms with van der Waals surface area (Å²) in [5, 5.41) is 0.650. The Morgan fingerprint density at radius 2 is 1.92 bits per heavy atom. The lowest BCUT2D eigenvalue weighted by Crippen LogP contribution is -2.44. The number of nitrogens with zero attached hydrogens (tertiary/aromatic N) is 3. The molecule has 24 heavy (non-hydrogen) atoms. The minimum atomic E-state index is -0.214. The van der Waals surface area contributed by atoms with E-state index >= 15 is 0 Å². The van der Waals surface area contributed by atoms with E-state index in [2.05, 4.69) is 26.8 Å². The van der Waals surface area contributed by atoms with Crippen LogP contribution in [0.2, 0.25) is 5.02 Å². The molecule has 0 radical (unpaired) electrons. The predicted molar refractivity (Wildman–Crippen MR) is 96.2 cm³/mol. The third-order valence-corrected chi connectivity index (χ3v) is 4.73. The number of halogens is 2. The SMILES string of the molecule is CN1CCN(c2cc3nc(-c4cccc(Cl)c4)[nH]c3cc2F)CC1. The van der Waals surface area contributed by atoms with Crippen LogP contribution in [0.1, 0.15) is 0 Å². The maximum atomic E-state index is 14.6. The second kappa shape index (κ2) is 6.07. The number of benzene rings is 2. The van der Waals surface area contributed by atoms with Crippen molar-refractivity contribution >= 4 is 28.3 Å². The van der Waals surface area contributed by atoms with Crippen molar-refractivity contribution in [2.75, 3.05) is 38.1 Å². The molecule has 124 valence electrons. The molecule has 0 amide bonds. The van der Waals surface area contributed by atoms with E-state index in [1.54, 1.807) is 0 Å². The first kappa shape index (κ1) is 15.4. The average molecular weight is 345 g/mol. The highest BCUT2D eigenvalue weighted by Gasteiger charge is 2.19. The van der Waals surface area contributed by atoms with Crippen LogP contribution in [0.3, 0.4) is 0 Å². The minimum Gasteiger partial charge on any atom is -0.367 e. The summed E-state index contributed by atoms with van der Waals surface area (Å²) < 4.78 is 14.6. The molecular weight excluding hydrogens is 327 g/mol. The zero-order valence-corrected chi connectivity index (χ0v) is 14.1. The summed E-state index contributed by atoms with van der Waals surface area (Å²) in [5.74, 6) is 0.482. The van der Waals surface area contributed by atoms with Crippen LogP contribution in [0.25, 0.3) is 22.4 Å². The number of hydrogen-bond donors (Lipinski definition) is 1. The van der Waals surface area contributed by atoms with E-state index in [4.69, 9.17) is 11.6 Å². The Hall–Kier alpha value is -2.11. The summed E-state index contributed by atoms with van der Waals surface area (Å²) in [4.78, 5) is 12.1. The zero-order chi connectivity index (χ0) is 16.7. The van der Waals surface area contributed by atoms with E-state index in [0.29, 0.717) is 22.1 Å². The lowest BCUT2D eigenvalue weighted by molar-refractivity contribution is 0.312. The molecule has 3 aromatic rings. The largest absolute Gasteiger partial charge is 0.367 e. The molecule has 1 N–H and O–H groups in total. The Morgan fingerprint density at radius 1 is 1.12 bits per heavy atom. The average Bonchev–Trinajstić information content (AvgIpc) is 2.98. The quantitative estimate of drug-likeness (QED) is 0.768. The second-order valence-corrected chi connectivity index (χ2v) is 6.64. The van der Waals surface area contributed by atoms with Crippen molar-refractivity contribution in [1.29, 1.82) is 0 Å². The molecule has 1 aliphatic rings. The molecule has 0 saturated carbocycles. The number of aromatic nitrogens is 2. The highest BCUT2D eigenvalue weighted by Crippen LogP contribution is 2.28. The summed E-state index contributed by atoms with van der Waals surface area (Å²) >= 11 is 6.04. The highest BCUT2D eigenvalue weighted by molar-refractivity contribution is 6.30. The molecule has 1 saturated heterocycles. The van der Waals surface area contributed by atoms with E-state index in [-0.39, 0.29) is 5.82 Å². The number of piperazine rings is 1. The topological polar surface area (TPSA) is 35.2 Å². The summed E-state index contributed by atoms with van der Waals surface area (Å²) in [6, 6.07) is 10.8. The number of hydrogen-bond acceptors (Lipinski definition) is 3. The normalized spacial score (nSPS) is 16.0. The van der Waals surface area contributed by atoms with Gasteiger partial charge in [-0.2, -0.15) is 0 Å². The molecule has 4 nitrogen and oxygen atoms in total. The van der Waals surface area contributed by atoms with Crippen LogP contribution in [-0.2, 0) is 0 Å². The van der Waals surface area contributed by atoms with Gasteiger partial charge in [0.15, 0.2) is 0 Å². The van der Waals surface area contributed by atoms with Gasteiger partial charge >= 0.3 is 0 Å². The third kappa shape index (κ3) is 2.85. The van der Waals surface area contributed by atoms with E-state index in [0.717, 1.165) is 37.3 Å². The first-order chi connectivity index (χ1) is 11.6. The van der Waals surface area contributed by atoms with Crippen LogP contribution in [0, 0.1) is 5.82 Å². The zero-order valence-electron chi connectivity index (χ0n) is 13.4. The van der Waals surface area contributed by atoms with E-state index < -0.39 is 0 Å². The molecular formula is C18H18ClFN4. The standard InChI is InChI=1S/C18H18ClFN4/c1-23-5-7-24(8-6-23)17-11-16-15(10-14(17)20)21-18(22-16)12-3-2-4-13(19)9-12/h2-4,9-11H,5-8H2,1H3,(H,21,22). The van der Waals surface area contributed by atoms with Gasteiger partial charge in [-0.1, -0.05) is 23.7 Å². The van der Waals surface area contributed by atoms with E-state index in [1.807, 2.05) is 30.3 Å². The maximum Gasteiger partial charge on any atom is 0.148 e. The Kier molecular flexibility index (Phi) is 3.90. The van der Waals surface area contributed by atoms with Gasteiger partial charge in [0.2, 0.25) is 0 Å². The molecule has 4 rings (SSSR count). The Morgan fingerprint density at radius 3 is 2.67 bits per heavy atom. The Balaban J connectivity index is 1.72. The lowest BCUT2D eigenvalue weighted by Gasteiger charge is -2.34. The van der Waals surface area contributed by atoms with Crippen LogP contribution in [-0.4, -0.2) is 48.1 Å². The van der Waals surface area contributed by atoms with Crippen LogP contribution in [0.15, 0.2) is 36.4 Å². The summed E-state index contributed by atoms with van der Waals surface area (Å²) in [6.07, 6.45) is 0. The number of H-pyrrole nitrogens is 1. The molecule has 0 aliphatic carbocycles. The lowest BCUT2D eigenvalue weighted by atomic mass is 10.2. The molecule has 2 aromatic carbocycles. The van der Waals surface area contributed by atoms with Crippen LogP contribution in [0.5, 0.6) is 0 Å². The molecule has 1 aromatic heterocycles. The minimum absolute atomic E-state index is 0.214. The number of nitrogens with one attached hydrogen (secondary N) is 1. The Bertz CT molecular complexity index is 884. The number of imidazole rings is 1. The van der Waals surface area contributed by atoms with Crippen LogP contribution >= 0.6 is 11.6 Å². The van der Waals surface area contributed by atoms with E-state index in [9.17, 15) is 4.39 Å². The van der Waals surface area contributed by atoms with Crippen molar-refractivity contribution < 1.29 is 4.39 Å². The maximum absolute atomic E-state index is 14.6. The van der Waals surface area contributed by atoms with Gasteiger partial charge in [-0.25, -0.2) is 9.37 Å². The van der Waals surface area contributed by atoms with Crippen LogP contribution in [0.4, 0.5) is 10.1 Å². The molecule has 0 bridgehead atoms. The van der Waals surface area contributed by atoms with Crippen molar-refractivity contribution in [3.8, 4) is 11.4 Å². The fourth-order valence-electron chi connectivity index (χ4n) is 3.08. The molecule has 1 aliphatic heterocycles. The summed E-state index contributed by atoms with van der Waals surface area (Å²) in [6.45, 7) is 3.52. The van der Waals surface area contributed by atoms with Crippen molar-refractivity contribution in [3.05, 3.63) is 47.2 Å². The van der Waals surface area contributed by atoms with Gasteiger partial charge < -0.3 is 14.8 Å². The second-order valence-electron chi connectivity index (χ2n) is 6.21. The fourth-order valence-corrected chi connectivity index (χ4v) is 3.27. The number of fused-ring (bicyclic) bond motifs is 1. The number of rotatable bonds is 2. The molecule has 1 fully saturated rings. The molecule has 0 atom stereocenters. The number of likely N-dealkylation sites (N-methyl/N-ethyl adjacent to an activating group) is 1. The van der Waals surface area contributed by atoms with Crippen molar-refractivity contribution in [2.45, 2.75) is 0 Å². The molecule has 6 heteroatoms. The van der Waals surface area contributed by atoms with Crippen molar-refractivity contribution in [2.24, 2.45) is 0 Å². The highest BCUT2D eigenvalue weighted by atomic mass is 35.5. The third-order valence-electron chi connectivity index (χ3n) is 4.49. The summed E-state index contributed by atoms with van der Waals surface area (Å²) in [5.41, 5.74) is 2.97. The van der Waals surface area contributed by atoms with Gasteiger partial charge in [0.05, 0.1) is 16.7 Å². The van der Waals surface area contributed by atoms with Gasteiger partial charge in [-0.05, 0) is 25.2 Å². The van der Waals surface area contributed by atoms with Crippen molar-refractivity contribution in [1.82, 2.24) is 14.9 Å². The first-order valence-corrected chi connectivity index (χ1v) is 8.36. The van der Waals surface area contributed by atoms with Gasteiger partial charge in [-0.3, -0.25) is 0 Å². The van der Waals surface area contributed by atoms with Crippen molar-refractivity contribution in [3.63, 3.8) is 0 Å². The van der Waals surface area contributed by atoms with Gasteiger partial charge in [0.25, 0.3) is 0 Å². The fraction of sp³-hybridized carbons (Fsp3) is 0.278. The van der Waals surface area contributed by atoms with Gasteiger partial charge in [0, 0.05) is 42.8 Å².